The third-order valence-electron chi connectivity index (χ3n) is 5.48. The molecule has 30 heavy (non-hydrogen) atoms. The fraction of sp³-hybridized carbons (Fsp3) is 0.381. The molecule has 0 radical (unpaired) electrons. The third-order valence-corrected chi connectivity index (χ3v) is 5.48. The van der Waals surface area contributed by atoms with E-state index in [0.29, 0.717) is 5.69 Å². The predicted molar refractivity (Wildman–Crippen MR) is 114 cm³/mol. The van der Waals surface area contributed by atoms with E-state index in [9.17, 15) is 14.9 Å². The molecule has 160 valence electrons. The molecule has 2 aromatic rings. The van der Waals surface area contributed by atoms with Crippen molar-refractivity contribution in [1.82, 2.24) is 0 Å². The van der Waals surface area contributed by atoms with Crippen LogP contribution in [0.5, 0.6) is 11.5 Å². The molecular formula is C21H27N4O5+. The number of nitrogens with zero attached hydrogens (tertiary/aromatic N) is 2. The minimum Gasteiger partial charge on any atom is -0.497 e. The predicted octanol–water partition coefficient (Wildman–Crippen LogP) is 1.34. The Balaban J connectivity index is 1.60. The molecule has 0 unspecified atom stereocenters. The van der Waals surface area contributed by atoms with Gasteiger partial charge in [0, 0.05) is 17.8 Å². The highest BCUT2D eigenvalue weighted by Gasteiger charge is 2.30. The van der Waals surface area contributed by atoms with Gasteiger partial charge in [-0.15, -0.1) is 0 Å². The van der Waals surface area contributed by atoms with Crippen LogP contribution in [0.2, 0.25) is 0 Å². The second-order valence-corrected chi connectivity index (χ2v) is 7.20. The minimum atomic E-state index is -0.497. The summed E-state index contributed by atoms with van der Waals surface area (Å²) in [5.41, 5.74) is 1.45. The van der Waals surface area contributed by atoms with Gasteiger partial charge in [-0.3, -0.25) is 14.9 Å². The van der Waals surface area contributed by atoms with Gasteiger partial charge in [-0.25, -0.2) is 0 Å². The molecule has 2 N–H and O–H groups in total. The average Bonchev–Trinajstić information content (AvgIpc) is 2.78. The van der Waals surface area contributed by atoms with Crippen molar-refractivity contribution in [2.45, 2.75) is 13.0 Å². The van der Waals surface area contributed by atoms with E-state index < -0.39 is 4.92 Å². The maximum atomic E-state index is 12.8. The topological polar surface area (TPSA) is 98.4 Å². The van der Waals surface area contributed by atoms with Crippen LogP contribution in [0.1, 0.15) is 6.92 Å². The van der Waals surface area contributed by atoms with E-state index in [4.69, 9.17) is 9.47 Å². The van der Waals surface area contributed by atoms with Crippen LogP contribution in [0.3, 0.4) is 0 Å². The number of non-ortho nitro benzene ring substituents is 1. The minimum absolute atomic E-state index is 0.0859. The molecule has 1 aliphatic heterocycles. The number of hydrogen-bond donors (Lipinski definition) is 2. The quantitative estimate of drug-likeness (QED) is 0.523. The fourth-order valence-electron chi connectivity index (χ4n) is 3.62. The smallest absolute Gasteiger partial charge is 0.282 e. The van der Waals surface area contributed by atoms with Gasteiger partial charge < -0.3 is 24.6 Å². The Bertz CT molecular complexity index is 912. The first-order valence-electron chi connectivity index (χ1n) is 9.79. The normalized spacial score (nSPS) is 15.4. The van der Waals surface area contributed by atoms with Gasteiger partial charge in [0.15, 0.2) is 6.04 Å². The van der Waals surface area contributed by atoms with Crippen molar-refractivity contribution >= 4 is 23.0 Å². The summed E-state index contributed by atoms with van der Waals surface area (Å²) >= 11 is 0. The molecule has 1 aliphatic rings. The molecule has 1 amide bonds. The number of quaternary nitrogens is 1. The number of benzene rings is 2. The summed E-state index contributed by atoms with van der Waals surface area (Å²) in [6, 6.07) is 11.9. The van der Waals surface area contributed by atoms with Gasteiger partial charge in [-0.2, -0.15) is 0 Å². The van der Waals surface area contributed by atoms with Crippen LogP contribution in [-0.2, 0) is 4.79 Å². The number of ether oxygens (including phenoxy) is 2. The van der Waals surface area contributed by atoms with E-state index >= 15 is 0 Å². The Morgan fingerprint density at radius 3 is 2.53 bits per heavy atom. The monoisotopic (exact) mass is 415 g/mol. The molecule has 0 spiro atoms. The van der Waals surface area contributed by atoms with Crippen molar-refractivity contribution in [3.05, 3.63) is 52.6 Å². The van der Waals surface area contributed by atoms with Crippen LogP contribution >= 0.6 is 0 Å². The lowest BCUT2D eigenvalue weighted by Gasteiger charge is -2.36. The first-order chi connectivity index (χ1) is 14.4. The van der Waals surface area contributed by atoms with Gasteiger partial charge in [-0.1, -0.05) is 6.07 Å². The average molecular weight is 415 g/mol. The lowest BCUT2D eigenvalue weighted by molar-refractivity contribution is -0.914. The number of amides is 1. The van der Waals surface area contributed by atoms with Gasteiger partial charge in [0.25, 0.3) is 11.6 Å². The Hall–Kier alpha value is -3.33. The van der Waals surface area contributed by atoms with Gasteiger partial charge in [-0.05, 0) is 25.1 Å². The summed E-state index contributed by atoms with van der Waals surface area (Å²) in [6.45, 7) is 5.21. The summed E-state index contributed by atoms with van der Waals surface area (Å²) in [7, 11) is 3.07. The van der Waals surface area contributed by atoms with Crippen LogP contribution in [0.15, 0.2) is 42.5 Å². The zero-order valence-corrected chi connectivity index (χ0v) is 17.4. The fourth-order valence-corrected chi connectivity index (χ4v) is 3.62. The number of carbonyl (C=O) groups is 1. The van der Waals surface area contributed by atoms with Crippen LogP contribution < -0.4 is 24.6 Å². The van der Waals surface area contributed by atoms with E-state index in [0.717, 1.165) is 37.6 Å². The van der Waals surface area contributed by atoms with Crippen LogP contribution in [-0.4, -0.2) is 57.3 Å². The molecule has 0 bridgehead atoms. The van der Waals surface area contributed by atoms with Crippen molar-refractivity contribution in [3.8, 4) is 11.5 Å². The Morgan fingerprint density at radius 1 is 1.17 bits per heavy atom. The number of hydrogen-bond acceptors (Lipinski definition) is 6. The number of nitrogens with one attached hydrogen (secondary N) is 2. The molecule has 0 aromatic heterocycles. The largest absolute Gasteiger partial charge is 0.497 e. The SMILES string of the molecule is COc1cccc(N2CC[NH+]([C@@H](C)C(=O)Nc3ccc([N+](=O)[O-])cc3OC)CC2)c1. The number of anilines is 2. The van der Waals surface area contributed by atoms with Gasteiger partial charge >= 0.3 is 0 Å². The van der Waals surface area contributed by atoms with E-state index in [1.165, 1.54) is 30.2 Å². The molecule has 1 heterocycles. The second kappa shape index (κ2) is 9.45. The molecule has 1 saturated heterocycles. The molecule has 3 rings (SSSR count). The summed E-state index contributed by atoms with van der Waals surface area (Å²) in [5.74, 6) is 0.946. The summed E-state index contributed by atoms with van der Waals surface area (Å²) in [6.07, 6.45) is 0. The van der Waals surface area contributed by atoms with Crippen molar-refractivity contribution in [2.24, 2.45) is 0 Å². The highest BCUT2D eigenvalue weighted by molar-refractivity contribution is 5.95. The van der Waals surface area contributed by atoms with Gasteiger partial charge in [0.1, 0.15) is 11.5 Å². The zero-order valence-electron chi connectivity index (χ0n) is 17.4. The summed E-state index contributed by atoms with van der Waals surface area (Å²) < 4.78 is 10.5. The van der Waals surface area contributed by atoms with Crippen LogP contribution in [0, 0.1) is 10.1 Å². The number of methoxy groups -OCH3 is 2. The summed E-state index contributed by atoms with van der Waals surface area (Å²) in [5, 5.41) is 13.8. The number of rotatable bonds is 7. The summed E-state index contributed by atoms with van der Waals surface area (Å²) in [4.78, 5) is 26.7. The van der Waals surface area contributed by atoms with Gasteiger partial charge in [0.2, 0.25) is 0 Å². The van der Waals surface area contributed by atoms with E-state index in [1.807, 2.05) is 25.1 Å². The van der Waals surface area contributed by atoms with E-state index in [1.54, 1.807) is 7.11 Å². The van der Waals surface area contributed by atoms with Crippen LogP contribution in [0.4, 0.5) is 17.1 Å². The molecule has 1 fully saturated rings. The number of piperazine rings is 1. The van der Waals surface area contributed by atoms with Crippen molar-refractivity contribution in [2.75, 3.05) is 50.6 Å². The Labute approximate surface area is 175 Å². The zero-order chi connectivity index (χ0) is 21.7. The third kappa shape index (κ3) is 4.80. The standard InChI is InChI=1S/C21H26N4O5/c1-15(21(26)22-19-8-7-17(25(27)28)14-20(19)30-3)23-9-11-24(12-10-23)16-5-4-6-18(13-16)29-2/h4-8,13-15H,9-12H2,1-3H3,(H,22,26)/p+1/t15-/m0/s1. The molecule has 9 nitrogen and oxygen atoms in total. The molecular weight excluding hydrogens is 388 g/mol. The molecule has 9 heteroatoms. The van der Waals surface area contributed by atoms with E-state index in [-0.39, 0.29) is 23.4 Å². The first kappa shape index (κ1) is 21.4. The highest BCUT2D eigenvalue weighted by Crippen LogP contribution is 2.29. The lowest BCUT2D eigenvalue weighted by atomic mass is 10.2. The number of carbonyl (C=O) groups excluding carboxylic acids is 1. The highest BCUT2D eigenvalue weighted by atomic mass is 16.6. The molecule has 2 aromatic carbocycles. The second-order valence-electron chi connectivity index (χ2n) is 7.20. The van der Waals surface area contributed by atoms with Crippen molar-refractivity contribution < 1.29 is 24.1 Å². The number of nitro benzene ring substituents is 1. The Kier molecular flexibility index (Phi) is 6.73. The Morgan fingerprint density at radius 2 is 1.90 bits per heavy atom. The maximum absolute atomic E-state index is 12.8. The first-order valence-corrected chi connectivity index (χ1v) is 9.79. The number of nitro groups is 1. The van der Waals surface area contributed by atoms with Crippen LogP contribution in [0.25, 0.3) is 0 Å². The molecule has 1 atom stereocenters. The maximum Gasteiger partial charge on any atom is 0.282 e. The molecule has 0 saturated carbocycles. The van der Waals surface area contributed by atoms with Gasteiger partial charge in [0.05, 0.1) is 57.1 Å². The lowest BCUT2D eigenvalue weighted by Crippen LogP contribution is -3.19. The van der Waals surface area contributed by atoms with Crippen molar-refractivity contribution in [3.63, 3.8) is 0 Å². The molecule has 0 aliphatic carbocycles. The van der Waals surface area contributed by atoms with E-state index in [2.05, 4.69) is 16.3 Å². The van der Waals surface area contributed by atoms with Crippen molar-refractivity contribution in [1.29, 1.82) is 0 Å².